The molecule has 0 radical (unpaired) electrons. The van der Waals surface area contributed by atoms with Gasteiger partial charge in [0.05, 0.1) is 88.2 Å². The van der Waals surface area contributed by atoms with Gasteiger partial charge in [0.15, 0.2) is 12.6 Å². The first-order chi connectivity index (χ1) is 62.0. The Kier molecular flexibility index (Phi) is 53.4. The molecule has 0 aromatic heterocycles. The molecule has 30 unspecified atom stereocenters. The molecule has 130 heavy (non-hydrogen) atoms. The third kappa shape index (κ3) is 36.0. The molecule has 5 heterocycles. The minimum absolute atomic E-state index is 0.120. The molecule has 0 aromatic carbocycles. The van der Waals surface area contributed by atoms with Crippen molar-refractivity contribution in [2.24, 2.45) is 0 Å². The molecule has 5 rings (SSSR count). The molecule has 5 saturated heterocycles. The Morgan fingerprint density at radius 1 is 0.415 bits per heavy atom. The van der Waals surface area contributed by atoms with Crippen molar-refractivity contribution in [1.82, 2.24) is 21.3 Å². The summed E-state index contributed by atoms with van der Waals surface area (Å²) in [5, 5.41) is 235. The second-order valence-corrected chi connectivity index (χ2v) is 35.3. The summed E-state index contributed by atoms with van der Waals surface area (Å²) in [5.41, 5.74) is 0. The molecule has 5 aliphatic rings. The van der Waals surface area contributed by atoms with E-state index in [1.165, 1.54) is 134 Å². The summed E-state index contributed by atoms with van der Waals surface area (Å²) in [4.78, 5) is 92.3. The van der Waals surface area contributed by atoms with Crippen LogP contribution >= 0.6 is 0 Å². The molecule has 30 atom stereocenters. The third-order valence-electron chi connectivity index (χ3n) is 24.6. The fourth-order valence-corrected chi connectivity index (χ4v) is 17.2. The number of carbonyl (C=O) groups is 7. The van der Waals surface area contributed by atoms with E-state index in [0.717, 1.165) is 91.4 Å². The number of aliphatic hydroxyl groups is 17. The number of aliphatic carboxylic acids is 3. The zero-order valence-corrected chi connectivity index (χ0v) is 76.2. The average molecular weight is 1870 g/mol. The molecule has 0 aliphatic carbocycles. The number of carbonyl (C=O) groups excluding carboxylic acids is 4. The van der Waals surface area contributed by atoms with Crippen LogP contribution in [0.3, 0.4) is 0 Å². The predicted molar refractivity (Wildman–Crippen MR) is 461 cm³/mol. The number of carboxylic acids is 3. The van der Waals surface area contributed by atoms with Crippen molar-refractivity contribution < 1.29 is 183 Å². The van der Waals surface area contributed by atoms with Crippen molar-refractivity contribution in [3.63, 3.8) is 0 Å². The molecule has 5 aliphatic heterocycles. The maximum Gasteiger partial charge on any atom is 0.364 e. The molecule has 0 spiro atoms. The molecule has 754 valence electrons. The molecule has 4 amide bonds. The van der Waals surface area contributed by atoms with Gasteiger partial charge in [0.1, 0.15) is 104 Å². The summed E-state index contributed by atoms with van der Waals surface area (Å²) in [6.07, 6.45) is -10.3. The first kappa shape index (κ1) is 115. The molecular weight excluding hydrogens is 1720 g/mol. The number of hydrogen-bond donors (Lipinski definition) is 24. The monoisotopic (exact) mass is 1870 g/mol. The van der Waals surface area contributed by atoms with Crippen molar-refractivity contribution in [3.05, 3.63) is 24.3 Å². The Balaban J connectivity index is 1.30. The topological polar surface area (TPSA) is 665 Å². The quantitative estimate of drug-likeness (QED) is 0.0290. The van der Waals surface area contributed by atoms with Crippen molar-refractivity contribution in [2.75, 3.05) is 39.6 Å². The highest BCUT2D eigenvalue weighted by molar-refractivity contribution is 5.79. The van der Waals surface area contributed by atoms with Crippen LogP contribution in [0.2, 0.25) is 0 Å². The Morgan fingerprint density at radius 2 is 0.777 bits per heavy atom. The Morgan fingerprint density at radius 3 is 1.15 bits per heavy atom. The first-order valence-corrected chi connectivity index (χ1v) is 47.0. The number of amides is 4. The van der Waals surface area contributed by atoms with Gasteiger partial charge in [0.2, 0.25) is 23.6 Å². The SMILES string of the molecule is CCCCCCCCC=CCCCCCCCCCCCCCCCC(=O)NC(COC1OC(CO)C(OC2OC(CO)C(O)C(OC3(C(=O)O)CC(O)C(NC(C)=O)C(C(O)C(CO)OC4(C(=O)O)CC(O)C(NC(C)=O)C(C(O)C(CO)OC5(C(=O)O)CC(O)C(NC(C)=O)C(C(O)C(O)CO)O5)O4)O3)C2O)C(O)C1O)C(O)C=CCCCCCCCCCCCCC. The molecular formula is C89H156N4O37. The van der Waals surface area contributed by atoms with Crippen molar-refractivity contribution in [2.45, 2.75) is 454 Å². The van der Waals surface area contributed by atoms with Crippen LogP contribution in [-0.4, -0.2) is 366 Å². The number of ether oxygens (including phenoxy) is 10. The van der Waals surface area contributed by atoms with Gasteiger partial charge in [0, 0.05) is 46.5 Å². The minimum atomic E-state index is -3.58. The number of carboxylic acid groups (broad SMARTS) is 3. The summed E-state index contributed by atoms with van der Waals surface area (Å²) in [6.45, 7) is -0.0552. The zero-order chi connectivity index (χ0) is 96.3. The van der Waals surface area contributed by atoms with Gasteiger partial charge in [-0.3, -0.25) is 19.2 Å². The maximum atomic E-state index is 13.9. The molecule has 41 heteroatoms. The van der Waals surface area contributed by atoms with Crippen molar-refractivity contribution in [1.29, 1.82) is 0 Å². The second-order valence-electron chi connectivity index (χ2n) is 35.3. The number of rotatable bonds is 66. The number of aliphatic hydroxyl groups excluding tert-OH is 17. The maximum absolute atomic E-state index is 13.9. The fourth-order valence-electron chi connectivity index (χ4n) is 17.2. The summed E-state index contributed by atoms with van der Waals surface area (Å²) < 4.78 is 58.3. The van der Waals surface area contributed by atoms with E-state index in [0.29, 0.717) is 12.8 Å². The van der Waals surface area contributed by atoms with Gasteiger partial charge in [-0.25, -0.2) is 14.4 Å². The lowest BCUT2D eigenvalue weighted by Crippen LogP contribution is -2.72. The molecule has 41 nitrogen and oxygen atoms in total. The van der Waals surface area contributed by atoms with Crippen LogP contribution in [-0.2, 0) is 80.9 Å². The van der Waals surface area contributed by atoms with E-state index in [2.05, 4.69) is 47.3 Å². The summed E-state index contributed by atoms with van der Waals surface area (Å²) in [6, 6.07) is -7.03. The largest absolute Gasteiger partial charge is 0.477 e. The van der Waals surface area contributed by atoms with Gasteiger partial charge >= 0.3 is 17.9 Å². The normalized spacial score (nSPS) is 31.5. The lowest BCUT2D eigenvalue weighted by atomic mass is 9.86. The van der Waals surface area contributed by atoms with E-state index in [-0.39, 0.29) is 6.42 Å². The highest BCUT2D eigenvalue weighted by Gasteiger charge is 2.64. The molecule has 24 N–H and O–H groups in total. The Hall–Kier alpha value is -5.31. The van der Waals surface area contributed by atoms with Crippen LogP contribution in [0.5, 0.6) is 0 Å². The standard InChI is InChI=1S/C89H156N4O37/c1-6-8-10-12-14-16-18-20-21-22-23-24-25-26-27-28-29-31-33-35-37-39-41-43-66(107)93-56(57(102)42-40-38-36-34-32-30-19-17-15-13-11-9-7-2)52-121-82-75(113)74(112)77(65(51-98)123-82)124-83-76(114)81(71(109)62(48-95)122-83)130-89(86(119)120)46-60(105)69(92-55(5)101)80(129-89)73(111)64(50-97)126-88(85(117)118)45-59(104)68(91-54(4)100)79(128-88)72(110)63(49-96)125-87(84(115)116)44-58(103)67(90-53(3)99)78(127-87)70(108)61(106)47-94/h20-21,40,42,56-65,67-83,94-98,102-106,108-114H,6-19,22-39,41,43-52H2,1-5H3,(H,90,99)(H,91,100)(H,92,101)(H,93,107)(H,115,116)(H,117,118)(H,119,120). The average Bonchev–Trinajstić information content (AvgIpc) is 0.748. The lowest BCUT2D eigenvalue weighted by Gasteiger charge is -2.51. The summed E-state index contributed by atoms with van der Waals surface area (Å²) >= 11 is 0. The molecule has 0 bridgehead atoms. The van der Waals surface area contributed by atoms with Gasteiger partial charge in [-0.05, 0) is 44.9 Å². The number of hydrogen-bond acceptors (Lipinski definition) is 34. The van der Waals surface area contributed by atoms with Crippen molar-refractivity contribution in [3.8, 4) is 0 Å². The van der Waals surface area contributed by atoms with E-state index >= 15 is 0 Å². The van der Waals surface area contributed by atoms with Crippen LogP contribution in [0.1, 0.15) is 272 Å². The van der Waals surface area contributed by atoms with Crippen LogP contribution in [0.15, 0.2) is 24.3 Å². The fraction of sp³-hybridized carbons (Fsp3) is 0.876. The van der Waals surface area contributed by atoms with Crippen LogP contribution < -0.4 is 21.3 Å². The summed E-state index contributed by atoms with van der Waals surface area (Å²) in [5.74, 6) is -20.6. The Labute approximate surface area is 761 Å². The van der Waals surface area contributed by atoms with Gasteiger partial charge in [0.25, 0.3) is 17.4 Å². The van der Waals surface area contributed by atoms with Gasteiger partial charge in [-0.1, -0.05) is 205 Å². The number of nitrogens with one attached hydrogen (secondary N) is 4. The minimum Gasteiger partial charge on any atom is -0.477 e. The second kappa shape index (κ2) is 60.3. The number of unbranched alkanes of at least 4 members (excludes halogenated alkanes) is 30. The smallest absolute Gasteiger partial charge is 0.364 e. The zero-order valence-electron chi connectivity index (χ0n) is 76.2. The predicted octanol–water partition coefficient (Wildman–Crippen LogP) is 0.410. The summed E-state index contributed by atoms with van der Waals surface area (Å²) in [7, 11) is 0. The molecule has 5 fully saturated rings. The Bertz CT molecular complexity index is 3300. The van der Waals surface area contributed by atoms with Crippen LogP contribution in [0.4, 0.5) is 0 Å². The highest BCUT2D eigenvalue weighted by Crippen LogP contribution is 2.43. The van der Waals surface area contributed by atoms with Crippen LogP contribution in [0, 0.1) is 0 Å². The van der Waals surface area contributed by atoms with Gasteiger partial charge in [-0.15, -0.1) is 0 Å². The van der Waals surface area contributed by atoms with Gasteiger partial charge < -0.3 is 171 Å². The van der Waals surface area contributed by atoms with E-state index in [1.54, 1.807) is 6.08 Å². The van der Waals surface area contributed by atoms with E-state index in [1.807, 2.05) is 0 Å². The van der Waals surface area contributed by atoms with Gasteiger partial charge in [-0.2, -0.15) is 0 Å². The van der Waals surface area contributed by atoms with Crippen molar-refractivity contribution >= 4 is 41.5 Å². The van der Waals surface area contributed by atoms with Crippen LogP contribution in [0.25, 0.3) is 0 Å². The lowest BCUT2D eigenvalue weighted by molar-refractivity contribution is -0.388. The van der Waals surface area contributed by atoms with E-state index < -0.39 is 283 Å². The number of allylic oxidation sites excluding steroid dienone is 3. The first-order valence-electron chi connectivity index (χ1n) is 47.0. The van der Waals surface area contributed by atoms with E-state index in [4.69, 9.17) is 47.4 Å². The molecule has 0 aromatic rings. The van der Waals surface area contributed by atoms with E-state index in [9.17, 15) is 136 Å². The highest BCUT2D eigenvalue weighted by atomic mass is 16.8. The third-order valence-corrected chi connectivity index (χ3v) is 24.6. The molecule has 0 saturated carbocycles.